The summed E-state index contributed by atoms with van der Waals surface area (Å²) in [5, 5.41) is 13.3. The molecule has 1 fully saturated rings. The van der Waals surface area contributed by atoms with Crippen molar-refractivity contribution in [2.24, 2.45) is 5.92 Å². The highest BCUT2D eigenvalue weighted by atomic mass is 16.3. The van der Waals surface area contributed by atoms with Crippen LogP contribution in [0, 0.1) is 5.92 Å². The van der Waals surface area contributed by atoms with Crippen LogP contribution in [-0.2, 0) is 0 Å². The third kappa shape index (κ3) is 4.16. The average molecular weight is 256 g/mol. The molecule has 0 aromatic heterocycles. The van der Waals surface area contributed by atoms with Crippen LogP contribution in [0.5, 0.6) is 0 Å². The number of hydrogen-bond acceptors (Lipinski definition) is 2. The van der Waals surface area contributed by atoms with Gasteiger partial charge in [0, 0.05) is 19.6 Å². The molecule has 106 valence electrons. The monoisotopic (exact) mass is 256 g/mol. The normalized spacial score (nSPS) is 27.9. The highest BCUT2D eigenvalue weighted by Gasteiger charge is 2.33. The van der Waals surface area contributed by atoms with E-state index in [1.165, 1.54) is 6.42 Å². The van der Waals surface area contributed by atoms with Crippen LogP contribution >= 0.6 is 0 Å². The number of carbonyl (C=O) groups is 1. The Morgan fingerprint density at radius 1 is 1.28 bits per heavy atom. The number of rotatable bonds is 5. The van der Waals surface area contributed by atoms with Crippen LogP contribution in [0.1, 0.15) is 52.9 Å². The Morgan fingerprint density at radius 2 is 1.83 bits per heavy atom. The molecule has 1 aliphatic carbocycles. The predicted molar refractivity (Wildman–Crippen MR) is 73.5 cm³/mol. The summed E-state index contributed by atoms with van der Waals surface area (Å²) >= 11 is 0. The second-order valence-electron chi connectivity index (χ2n) is 5.41. The fourth-order valence-corrected chi connectivity index (χ4v) is 2.66. The molecule has 1 rings (SSSR count). The lowest BCUT2D eigenvalue weighted by Gasteiger charge is -2.36. The maximum absolute atomic E-state index is 11.8. The molecule has 2 N–H and O–H groups in total. The van der Waals surface area contributed by atoms with E-state index in [1.807, 2.05) is 13.8 Å². The van der Waals surface area contributed by atoms with Gasteiger partial charge in [0.15, 0.2) is 0 Å². The Morgan fingerprint density at radius 3 is 2.28 bits per heavy atom. The number of carbonyl (C=O) groups excluding carboxylic acids is 1. The van der Waals surface area contributed by atoms with Crippen molar-refractivity contribution in [3.8, 4) is 0 Å². The summed E-state index contributed by atoms with van der Waals surface area (Å²) in [7, 11) is 0. The standard InChI is InChI=1S/C14H28N2O2/c1-4-12-7-9-14(18,10-8-12)11-15-13(17)16(5-2)6-3/h12,18H,4-11H2,1-3H3,(H,15,17). The molecule has 4 nitrogen and oxygen atoms in total. The summed E-state index contributed by atoms with van der Waals surface area (Å²) in [5.74, 6) is 0.753. The molecule has 2 amide bonds. The molecule has 0 aromatic rings. The predicted octanol–water partition coefficient (Wildman–Crippen LogP) is 2.37. The van der Waals surface area contributed by atoms with Crippen molar-refractivity contribution in [2.45, 2.75) is 58.5 Å². The number of nitrogens with zero attached hydrogens (tertiary/aromatic N) is 1. The number of hydrogen-bond donors (Lipinski definition) is 2. The van der Waals surface area contributed by atoms with Crippen LogP contribution in [0.25, 0.3) is 0 Å². The van der Waals surface area contributed by atoms with Gasteiger partial charge in [-0.25, -0.2) is 4.79 Å². The minimum Gasteiger partial charge on any atom is -0.388 e. The van der Waals surface area contributed by atoms with Crippen molar-refractivity contribution >= 4 is 6.03 Å². The average Bonchev–Trinajstić information content (AvgIpc) is 2.39. The van der Waals surface area contributed by atoms with E-state index in [4.69, 9.17) is 0 Å². The molecule has 18 heavy (non-hydrogen) atoms. The van der Waals surface area contributed by atoms with E-state index >= 15 is 0 Å². The Kier molecular flexibility index (Phi) is 5.93. The van der Waals surface area contributed by atoms with Crippen LogP contribution < -0.4 is 5.32 Å². The zero-order valence-electron chi connectivity index (χ0n) is 12.0. The Bertz CT molecular complexity index is 257. The first-order valence-electron chi connectivity index (χ1n) is 7.29. The van der Waals surface area contributed by atoms with Crippen LogP contribution in [0.2, 0.25) is 0 Å². The summed E-state index contributed by atoms with van der Waals surface area (Å²) in [5.41, 5.74) is -0.686. The number of urea groups is 1. The summed E-state index contributed by atoms with van der Waals surface area (Å²) in [6.45, 7) is 7.93. The maximum atomic E-state index is 11.8. The number of aliphatic hydroxyl groups is 1. The van der Waals surface area contributed by atoms with Gasteiger partial charge in [0.1, 0.15) is 0 Å². The Hall–Kier alpha value is -0.770. The molecule has 0 bridgehead atoms. The van der Waals surface area contributed by atoms with Crippen LogP contribution in [-0.4, -0.2) is 41.3 Å². The highest BCUT2D eigenvalue weighted by Crippen LogP contribution is 2.33. The van der Waals surface area contributed by atoms with Gasteiger partial charge >= 0.3 is 6.03 Å². The zero-order valence-corrected chi connectivity index (χ0v) is 12.0. The van der Waals surface area contributed by atoms with Gasteiger partial charge in [-0.15, -0.1) is 0 Å². The number of nitrogens with one attached hydrogen (secondary N) is 1. The van der Waals surface area contributed by atoms with E-state index in [0.29, 0.717) is 19.6 Å². The molecule has 0 saturated heterocycles. The van der Waals surface area contributed by atoms with Crippen molar-refractivity contribution in [3.63, 3.8) is 0 Å². The van der Waals surface area contributed by atoms with E-state index in [9.17, 15) is 9.90 Å². The van der Waals surface area contributed by atoms with E-state index in [0.717, 1.165) is 31.6 Å². The third-order valence-electron chi connectivity index (χ3n) is 4.23. The minimum atomic E-state index is -0.686. The van der Waals surface area contributed by atoms with Crippen LogP contribution in [0.4, 0.5) is 4.79 Å². The fraction of sp³-hybridized carbons (Fsp3) is 0.929. The van der Waals surface area contributed by atoms with E-state index in [-0.39, 0.29) is 6.03 Å². The van der Waals surface area contributed by atoms with Gasteiger partial charge in [-0.2, -0.15) is 0 Å². The zero-order chi connectivity index (χ0) is 13.6. The minimum absolute atomic E-state index is 0.0639. The summed E-state index contributed by atoms with van der Waals surface area (Å²) in [6, 6.07) is -0.0639. The van der Waals surface area contributed by atoms with Crippen molar-refractivity contribution in [1.82, 2.24) is 10.2 Å². The first-order chi connectivity index (χ1) is 8.54. The van der Waals surface area contributed by atoms with Gasteiger partial charge in [-0.05, 0) is 45.4 Å². The SMILES string of the molecule is CCC1CCC(O)(CNC(=O)N(CC)CC)CC1. The van der Waals surface area contributed by atoms with Crippen molar-refractivity contribution in [1.29, 1.82) is 0 Å². The molecular formula is C14H28N2O2. The van der Waals surface area contributed by atoms with E-state index in [2.05, 4.69) is 12.2 Å². The van der Waals surface area contributed by atoms with Gasteiger partial charge in [0.2, 0.25) is 0 Å². The van der Waals surface area contributed by atoms with Crippen LogP contribution in [0.15, 0.2) is 0 Å². The molecule has 1 saturated carbocycles. The molecule has 0 unspecified atom stereocenters. The molecule has 1 aliphatic rings. The molecule has 0 heterocycles. The third-order valence-corrected chi connectivity index (χ3v) is 4.23. The summed E-state index contributed by atoms with van der Waals surface area (Å²) in [4.78, 5) is 13.6. The van der Waals surface area contributed by atoms with Gasteiger partial charge in [0.25, 0.3) is 0 Å². The van der Waals surface area contributed by atoms with Gasteiger partial charge < -0.3 is 15.3 Å². The van der Waals surface area contributed by atoms with Crippen LogP contribution in [0.3, 0.4) is 0 Å². The quantitative estimate of drug-likeness (QED) is 0.793. The second-order valence-corrected chi connectivity index (χ2v) is 5.41. The molecule has 0 spiro atoms. The first-order valence-corrected chi connectivity index (χ1v) is 7.29. The lowest BCUT2D eigenvalue weighted by molar-refractivity contribution is -0.00720. The van der Waals surface area contributed by atoms with E-state index in [1.54, 1.807) is 4.90 Å². The molecule has 0 radical (unpaired) electrons. The fourth-order valence-electron chi connectivity index (χ4n) is 2.66. The number of amides is 2. The first kappa shape index (κ1) is 15.3. The maximum Gasteiger partial charge on any atom is 0.317 e. The van der Waals surface area contributed by atoms with Gasteiger partial charge in [0.05, 0.1) is 5.60 Å². The molecular weight excluding hydrogens is 228 g/mol. The topological polar surface area (TPSA) is 52.6 Å². The highest BCUT2D eigenvalue weighted by molar-refractivity contribution is 5.74. The summed E-state index contributed by atoms with van der Waals surface area (Å²) < 4.78 is 0. The Labute approximate surface area is 111 Å². The van der Waals surface area contributed by atoms with Crippen molar-refractivity contribution in [3.05, 3.63) is 0 Å². The molecule has 0 aromatic carbocycles. The van der Waals surface area contributed by atoms with Gasteiger partial charge in [-0.3, -0.25) is 0 Å². The second kappa shape index (κ2) is 6.98. The lowest BCUT2D eigenvalue weighted by Crippen LogP contribution is -2.49. The molecule has 4 heteroatoms. The summed E-state index contributed by atoms with van der Waals surface area (Å²) in [6.07, 6.45) is 4.97. The van der Waals surface area contributed by atoms with Gasteiger partial charge in [-0.1, -0.05) is 13.3 Å². The lowest BCUT2D eigenvalue weighted by atomic mass is 9.78. The Balaban J connectivity index is 2.36. The van der Waals surface area contributed by atoms with Crippen molar-refractivity contribution < 1.29 is 9.90 Å². The van der Waals surface area contributed by atoms with E-state index < -0.39 is 5.60 Å². The smallest absolute Gasteiger partial charge is 0.317 e. The molecule has 0 atom stereocenters. The largest absolute Gasteiger partial charge is 0.388 e. The molecule has 0 aliphatic heterocycles. The van der Waals surface area contributed by atoms with Crippen molar-refractivity contribution in [2.75, 3.05) is 19.6 Å².